The van der Waals surface area contributed by atoms with E-state index >= 15 is 0 Å². The molecule has 3 heterocycles. The number of ether oxygens (including phenoxy) is 1. The Hall–Kier alpha value is -2.66. The average Bonchev–Trinajstić information content (AvgIpc) is 3.02. The molecule has 2 aromatic heterocycles. The predicted molar refractivity (Wildman–Crippen MR) is 108 cm³/mol. The molecule has 3 N–H and O–H groups in total. The predicted octanol–water partition coefficient (Wildman–Crippen LogP) is 1.73. The van der Waals surface area contributed by atoms with Gasteiger partial charge < -0.3 is 15.4 Å². The molecule has 3 rings (SSSR count). The minimum absolute atomic E-state index is 0.201. The van der Waals surface area contributed by atoms with Crippen LogP contribution in [0.15, 0.2) is 24.3 Å². The normalized spacial score (nSPS) is 21.1. The van der Waals surface area contributed by atoms with Crippen LogP contribution in [0.1, 0.15) is 27.0 Å². The van der Waals surface area contributed by atoms with Gasteiger partial charge in [0.1, 0.15) is 5.82 Å². The van der Waals surface area contributed by atoms with Crippen molar-refractivity contribution in [1.82, 2.24) is 14.6 Å². The van der Waals surface area contributed by atoms with Gasteiger partial charge in [-0.2, -0.15) is 4.98 Å². The van der Waals surface area contributed by atoms with Gasteiger partial charge in [0, 0.05) is 18.0 Å². The Labute approximate surface area is 167 Å². The van der Waals surface area contributed by atoms with E-state index in [2.05, 4.69) is 15.6 Å². The van der Waals surface area contributed by atoms with Crippen molar-refractivity contribution in [2.45, 2.75) is 19.4 Å². The van der Waals surface area contributed by atoms with Gasteiger partial charge in [0.05, 0.1) is 23.3 Å². The third kappa shape index (κ3) is 3.67. The lowest BCUT2D eigenvalue weighted by atomic mass is 9.99. The van der Waals surface area contributed by atoms with E-state index in [1.807, 2.05) is 6.92 Å². The summed E-state index contributed by atoms with van der Waals surface area (Å²) in [4.78, 5) is 17.9. The van der Waals surface area contributed by atoms with E-state index in [0.29, 0.717) is 21.5 Å². The molecule has 0 bridgehead atoms. The Kier molecular flexibility index (Phi) is 5.06. The highest BCUT2D eigenvalue weighted by molar-refractivity contribution is 7.89. The van der Waals surface area contributed by atoms with Crippen LogP contribution in [0.2, 0.25) is 0 Å². The van der Waals surface area contributed by atoms with Crippen molar-refractivity contribution in [1.29, 1.82) is 5.41 Å². The molecular weight excluding hydrogens is 402 g/mol. The molecule has 9 nitrogen and oxygen atoms in total. The number of aromatic nitrogens is 1. The van der Waals surface area contributed by atoms with Crippen LogP contribution in [-0.2, 0) is 15.6 Å². The lowest BCUT2D eigenvalue weighted by Gasteiger charge is -2.39. The van der Waals surface area contributed by atoms with Crippen molar-refractivity contribution in [2.24, 2.45) is 0 Å². The van der Waals surface area contributed by atoms with E-state index in [1.165, 1.54) is 25.5 Å². The average molecular weight is 424 g/mol. The maximum Gasteiger partial charge on any atom is 0.266 e. The molecule has 0 saturated carbocycles. The summed E-state index contributed by atoms with van der Waals surface area (Å²) in [6.07, 6.45) is 0. The Bertz CT molecular complexity index is 1050. The van der Waals surface area contributed by atoms with Gasteiger partial charge in [-0.25, -0.2) is 12.7 Å². The minimum atomic E-state index is -3.62. The zero-order valence-electron chi connectivity index (χ0n) is 15.9. The van der Waals surface area contributed by atoms with E-state index in [-0.39, 0.29) is 17.6 Å². The number of nitrogens with zero attached hydrogens (tertiary/aromatic N) is 2. The summed E-state index contributed by atoms with van der Waals surface area (Å²) in [5.41, 5.74) is -0.222. The van der Waals surface area contributed by atoms with Crippen LogP contribution in [0.4, 0.5) is 5.82 Å². The number of carbonyl (C=O) groups excluding carboxylic acids is 1. The van der Waals surface area contributed by atoms with Gasteiger partial charge in [0.15, 0.2) is 0 Å². The zero-order valence-corrected chi connectivity index (χ0v) is 17.5. The van der Waals surface area contributed by atoms with E-state index in [4.69, 9.17) is 10.1 Å². The maximum atomic E-state index is 12.6. The lowest BCUT2D eigenvalue weighted by molar-refractivity contribution is 0.103. The van der Waals surface area contributed by atoms with Gasteiger partial charge in [-0.15, -0.1) is 11.3 Å². The molecule has 0 aliphatic carbocycles. The second-order valence-corrected chi connectivity index (χ2v) is 9.72. The van der Waals surface area contributed by atoms with Gasteiger partial charge >= 0.3 is 0 Å². The zero-order chi connectivity index (χ0) is 20.7. The fourth-order valence-electron chi connectivity index (χ4n) is 3.02. The number of thiophene rings is 1. The van der Waals surface area contributed by atoms with Crippen molar-refractivity contribution < 1.29 is 17.9 Å². The number of sulfonamides is 1. The largest absolute Gasteiger partial charge is 0.481 e. The molecule has 1 aliphatic rings. The van der Waals surface area contributed by atoms with Crippen LogP contribution in [0, 0.1) is 12.3 Å². The SMILES string of the molecule is COc1cccc(NC(=O)c2cc(C)c([C@]3(C)CS(=O)(=O)N(C)C(=N)N3)s2)n1. The van der Waals surface area contributed by atoms with Crippen LogP contribution in [0.3, 0.4) is 0 Å². The molecular formula is C17H21N5O4S2. The minimum Gasteiger partial charge on any atom is -0.481 e. The third-order valence-electron chi connectivity index (χ3n) is 4.41. The summed E-state index contributed by atoms with van der Waals surface area (Å²) in [5, 5.41) is 13.6. The topological polar surface area (TPSA) is 124 Å². The first-order chi connectivity index (χ1) is 13.1. The van der Waals surface area contributed by atoms with Gasteiger partial charge in [-0.05, 0) is 31.5 Å². The lowest BCUT2D eigenvalue weighted by Crippen LogP contribution is -2.60. The van der Waals surface area contributed by atoms with Crippen molar-refractivity contribution >= 4 is 39.0 Å². The number of hydrogen-bond donors (Lipinski definition) is 3. The van der Waals surface area contributed by atoms with Gasteiger partial charge in [-0.1, -0.05) is 6.07 Å². The molecule has 150 valence electrons. The molecule has 28 heavy (non-hydrogen) atoms. The maximum absolute atomic E-state index is 12.6. The Morgan fingerprint density at radius 3 is 2.82 bits per heavy atom. The monoisotopic (exact) mass is 423 g/mol. The molecule has 1 amide bonds. The Morgan fingerprint density at radius 1 is 1.46 bits per heavy atom. The summed E-state index contributed by atoms with van der Waals surface area (Å²) < 4.78 is 30.7. The standard InChI is InChI=1S/C17H21N5O4S2/c1-10-8-11(15(23)20-12-6-5-7-13(19-12)26-4)27-14(10)17(2)9-28(24,25)22(3)16(18)21-17/h5-8H,9H2,1-4H3,(H2,18,21)(H,19,20,23)/t17-/m0/s1. The molecule has 0 radical (unpaired) electrons. The number of amides is 1. The second kappa shape index (κ2) is 7.06. The number of guanidine groups is 1. The highest BCUT2D eigenvalue weighted by atomic mass is 32.2. The quantitative estimate of drug-likeness (QED) is 0.688. The van der Waals surface area contributed by atoms with Gasteiger partial charge in [0.25, 0.3) is 5.91 Å². The fraction of sp³-hybridized carbons (Fsp3) is 0.353. The van der Waals surface area contributed by atoms with Crippen LogP contribution in [0.5, 0.6) is 5.88 Å². The van der Waals surface area contributed by atoms with Crippen molar-refractivity contribution in [3.05, 3.63) is 39.6 Å². The summed E-state index contributed by atoms with van der Waals surface area (Å²) in [6, 6.07) is 6.74. The number of nitrogens with one attached hydrogen (secondary N) is 3. The third-order valence-corrected chi connectivity index (χ3v) is 7.87. The molecule has 11 heteroatoms. The first-order valence-electron chi connectivity index (χ1n) is 8.32. The van der Waals surface area contributed by atoms with Gasteiger partial charge in [-0.3, -0.25) is 10.2 Å². The summed E-state index contributed by atoms with van der Waals surface area (Å²) in [7, 11) is -0.793. The molecule has 0 unspecified atom stereocenters. The van der Waals surface area contributed by atoms with Crippen molar-refractivity contribution in [3.63, 3.8) is 0 Å². The smallest absolute Gasteiger partial charge is 0.266 e. The molecule has 2 aromatic rings. The summed E-state index contributed by atoms with van der Waals surface area (Å²) >= 11 is 1.19. The molecule has 1 atom stereocenters. The molecule has 1 aliphatic heterocycles. The first kappa shape index (κ1) is 20.1. The van der Waals surface area contributed by atoms with E-state index in [0.717, 1.165) is 9.87 Å². The summed E-state index contributed by atoms with van der Waals surface area (Å²) in [6.45, 7) is 3.53. The molecule has 1 fully saturated rings. The molecule has 1 saturated heterocycles. The fourth-order valence-corrected chi connectivity index (χ4v) is 5.74. The first-order valence-corrected chi connectivity index (χ1v) is 10.7. The van der Waals surface area contributed by atoms with Crippen LogP contribution >= 0.6 is 11.3 Å². The van der Waals surface area contributed by atoms with Crippen molar-refractivity contribution in [3.8, 4) is 5.88 Å². The van der Waals surface area contributed by atoms with Crippen LogP contribution in [-0.4, -0.2) is 49.5 Å². The molecule has 0 aromatic carbocycles. The van der Waals surface area contributed by atoms with Gasteiger partial charge in [0.2, 0.25) is 21.9 Å². The number of rotatable bonds is 4. The van der Waals surface area contributed by atoms with E-state index in [9.17, 15) is 13.2 Å². The molecule has 0 spiro atoms. The highest BCUT2D eigenvalue weighted by Gasteiger charge is 2.43. The number of carbonyl (C=O) groups is 1. The number of anilines is 1. The number of pyridine rings is 1. The number of aryl methyl sites for hydroxylation is 1. The van der Waals surface area contributed by atoms with Crippen LogP contribution in [0.25, 0.3) is 0 Å². The van der Waals surface area contributed by atoms with E-state index in [1.54, 1.807) is 31.2 Å². The van der Waals surface area contributed by atoms with E-state index < -0.39 is 15.6 Å². The van der Waals surface area contributed by atoms with Crippen molar-refractivity contribution in [2.75, 3.05) is 25.2 Å². The second-order valence-electron chi connectivity index (χ2n) is 6.67. The summed E-state index contributed by atoms with van der Waals surface area (Å²) in [5.74, 6) is -0.0288. The Morgan fingerprint density at radius 2 is 2.18 bits per heavy atom. The number of hydrogen-bond acceptors (Lipinski definition) is 7. The van der Waals surface area contributed by atoms with Crippen LogP contribution < -0.4 is 15.4 Å². The highest BCUT2D eigenvalue weighted by Crippen LogP contribution is 2.36. The number of methoxy groups -OCH3 is 1. The Balaban J connectivity index is 1.88.